The highest BCUT2D eigenvalue weighted by atomic mass is 32.2. The third-order valence-electron chi connectivity index (χ3n) is 4.75. The van der Waals surface area contributed by atoms with Gasteiger partial charge in [0.1, 0.15) is 0 Å². The van der Waals surface area contributed by atoms with Crippen LogP contribution in [0.1, 0.15) is 34.6 Å². The van der Waals surface area contributed by atoms with Gasteiger partial charge in [-0.25, -0.2) is 0 Å². The van der Waals surface area contributed by atoms with Gasteiger partial charge in [-0.1, -0.05) is 34.9 Å². The summed E-state index contributed by atoms with van der Waals surface area (Å²) in [5.74, 6) is -0.271. The second-order valence-electron chi connectivity index (χ2n) is 7.49. The SMILES string of the molecule is CC(=O)c1ccc(NC(=O)CSc2nn3c(SCC(=O)Nc4ccc(C(C)=O)cc4)nnc3s2)cc1. The lowest BCUT2D eigenvalue weighted by Crippen LogP contribution is -2.14. The van der Waals surface area contributed by atoms with Gasteiger partial charge in [0.25, 0.3) is 0 Å². The molecule has 0 aliphatic heterocycles. The van der Waals surface area contributed by atoms with Crippen molar-refractivity contribution in [1.82, 2.24) is 19.8 Å². The standard InChI is InChI=1S/C23H20N6O4S3/c1-13(30)15-3-7-17(8-4-15)24-19(32)11-34-21-26-27-22-29(21)28-23(36-22)35-12-20(33)25-18-9-5-16(6-10-18)14(2)31/h3-10H,11-12H2,1-2H3,(H,24,32)(H,25,33). The van der Waals surface area contributed by atoms with Crippen LogP contribution in [0, 0.1) is 0 Å². The van der Waals surface area contributed by atoms with Gasteiger partial charge in [-0.05, 0) is 62.4 Å². The van der Waals surface area contributed by atoms with Crippen LogP contribution in [0.5, 0.6) is 0 Å². The van der Waals surface area contributed by atoms with E-state index in [2.05, 4.69) is 25.9 Å². The van der Waals surface area contributed by atoms with E-state index in [0.717, 1.165) is 0 Å². The summed E-state index contributed by atoms with van der Waals surface area (Å²) in [7, 11) is 0. The highest BCUT2D eigenvalue weighted by Gasteiger charge is 2.15. The first-order chi connectivity index (χ1) is 17.3. The third kappa shape index (κ3) is 6.56. The van der Waals surface area contributed by atoms with Crippen molar-refractivity contribution in [2.24, 2.45) is 0 Å². The fourth-order valence-electron chi connectivity index (χ4n) is 2.96. The summed E-state index contributed by atoms with van der Waals surface area (Å²) in [6, 6.07) is 13.4. The molecule has 0 spiro atoms. The van der Waals surface area contributed by atoms with Crippen molar-refractivity contribution in [2.75, 3.05) is 22.1 Å². The van der Waals surface area contributed by atoms with Gasteiger partial charge in [-0.15, -0.1) is 15.3 Å². The molecular formula is C23H20N6O4S3. The highest BCUT2D eigenvalue weighted by molar-refractivity contribution is 8.01. The molecule has 4 aromatic rings. The Balaban J connectivity index is 1.28. The van der Waals surface area contributed by atoms with Crippen LogP contribution in [0.25, 0.3) is 4.96 Å². The summed E-state index contributed by atoms with van der Waals surface area (Å²) >= 11 is 3.75. The van der Waals surface area contributed by atoms with Crippen LogP contribution in [0.15, 0.2) is 58.0 Å². The Bertz CT molecular complexity index is 1430. The molecule has 0 bridgehead atoms. The van der Waals surface area contributed by atoms with Crippen molar-refractivity contribution in [1.29, 1.82) is 0 Å². The number of hydrogen-bond acceptors (Lipinski definition) is 10. The second kappa shape index (κ2) is 11.5. The van der Waals surface area contributed by atoms with Crippen molar-refractivity contribution in [3.63, 3.8) is 0 Å². The number of nitrogens with one attached hydrogen (secondary N) is 2. The minimum Gasteiger partial charge on any atom is -0.325 e. The number of anilines is 2. The van der Waals surface area contributed by atoms with Gasteiger partial charge in [-0.3, -0.25) is 19.2 Å². The van der Waals surface area contributed by atoms with Crippen molar-refractivity contribution in [3.8, 4) is 0 Å². The van der Waals surface area contributed by atoms with Crippen molar-refractivity contribution < 1.29 is 19.2 Å². The molecule has 2 aromatic heterocycles. The first-order valence-corrected chi connectivity index (χ1v) is 13.4. The van der Waals surface area contributed by atoms with Gasteiger partial charge in [0, 0.05) is 22.5 Å². The van der Waals surface area contributed by atoms with Gasteiger partial charge in [0.15, 0.2) is 15.9 Å². The normalized spacial score (nSPS) is 10.8. The van der Waals surface area contributed by atoms with E-state index in [9.17, 15) is 19.2 Å². The molecule has 13 heteroatoms. The van der Waals surface area contributed by atoms with Gasteiger partial charge in [0.05, 0.1) is 11.5 Å². The Labute approximate surface area is 218 Å². The Kier molecular flexibility index (Phi) is 8.13. The Morgan fingerprint density at radius 3 is 1.78 bits per heavy atom. The first kappa shape index (κ1) is 25.5. The minimum absolute atomic E-state index is 0.0368. The molecule has 0 aliphatic rings. The number of Topliss-reactive ketones (excluding diaryl/α,β-unsaturated/α-hetero) is 2. The molecule has 0 saturated heterocycles. The third-order valence-corrected chi connectivity index (χ3v) is 7.70. The summed E-state index contributed by atoms with van der Waals surface area (Å²) in [6.45, 7) is 2.97. The molecular weight excluding hydrogens is 520 g/mol. The topological polar surface area (TPSA) is 135 Å². The number of benzene rings is 2. The van der Waals surface area contributed by atoms with E-state index in [-0.39, 0.29) is 34.9 Å². The molecule has 0 aliphatic carbocycles. The number of carbonyl (C=O) groups excluding carboxylic acids is 4. The summed E-state index contributed by atoms with van der Waals surface area (Å²) in [6.07, 6.45) is 0. The van der Waals surface area contributed by atoms with E-state index in [4.69, 9.17) is 0 Å². The number of hydrogen-bond donors (Lipinski definition) is 2. The maximum Gasteiger partial charge on any atom is 0.236 e. The van der Waals surface area contributed by atoms with E-state index in [1.165, 1.54) is 48.7 Å². The van der Waals surface area contributed by atoms with Gasteiger partial charge >= 0.3 is 0 Å². The molecule has 0 saturated carbocycles. The molecule has 0 atom stereocenters. The molecule has 2 aromatic carbocycles. The molecule has 36 heavy (non-hydrogen) atoms. The Hall–Kier alpha value is -3.55. The number of thioether (sulfide) groups is 2. The van der Waals surface area contributed by atoms with Gasteiger partial charge in [0.2, 0.25) is 21.9 Å². The predicted molar refractivity (Wildman–Crippen MR) is 140 cm³/mol. The summed E-state index contributed by atoms with van der Waals surface area (Å²) < 4.78 is 2.18. The van der Waals surface area contributed by atoms with Crippen molar-refractivity contribution in [3.05, 3.63) is 59.7 Å². The minimum atomic E-state index is -0.231. The average molecular weight is 541 g/mol. The molecule has 4 rings (SSSR count). The lowest BCUT2D eigenvalue weighted by atomic mass is 10.1. The molecule has 2 N–H and O–H groups in total. The van der Waals surface area contributed by atoms with E-state index in [1.54, 1.807) is 53.0 Å². The molecule has 2 amide bonds. The van der Waals surface area contributed by atoms with E-state index in [0.29, 0.717) is 37.0 Å². The molecule has 10 nitrogen and oxygen atoms in total. The van der Waals surface area contributed by atoms with Gasteiger partial charge < -0.3 is 10.6 Å². The van der Waals surface area contributed by atoms with Crippen LogP contribution in [0.4, 0.5) is 11.4 Å². The number of fused-ring (bicyclic) bond motifs is 1. The molecule has 0 unspecified atom stereocenters. The lowest BCUT2D eigenvalue weighted by Gasteiger charge is -2.05. The van der Waals surface area contributed by atoms with E-state index >= 15 is 0 Å². The van der Waals surface area contributed by atoms with Crippen LogP contribution >= 0.6 is 34.9 Å². The average Bonchev–Trinajstić information content (AvgIpc) is 3.43. The molecule has 184 valence electrons. The molecule has 0 radical (unpaired) electrons. The monoisotopic (exact) mass is 540 g/mol. The van der Waals surface area contributed by atoms with Crippen LogP contribution in [-0.4, -0.2) is 54.7 Å². The fourth-order valence-corrected chi connectivity index (χ4v) is 5.37. The van der Waals surface area contributed by atoms with Crippen molar-refractivity contribution in [2.45, 2.75) is 23.3 Å². The smallest absolute Gasteiger partial charge is 0.236 e. The lowest BCUT2D eigenvalue weighted by molar-refractivity contribution is -0.114. The largest absolute Gasteiger partial charge is 0.325 e. The zero-order valence-electron chi connectivity index (χ0n) is 19.2. The number of aromatic nitrogens is 4. The van der Waals surface area contributed by atoms with Crippen LogP contribution in [-0.2, 0) is 9.59 Å². The number of carbonyl (C=O) groups is 4. The molecule has 0 fully saturated rings. The number of rotatable bonds is 10. The van der Waals surface area contributed by atoms with Gasteiger partial charge in [-0.2, -0.15) is 4.52 Å². The predicted octanol–water partition coefficient (Wildman–Crippen LogP) is 4.05. The summed E-state index contributed by atoms with van der Waals surface area (Å²) in [5, 5.41) is 18.6. The molecule has 2 heterocycles. The zero-order chi connectivity index (χ0) is 25.7. The first-order valence-electron chi connectivity index (χ1n) is 10.6. The fraction of sp³-hybridized carbons (Fsp3) is 0.174. The second-order valence-corrected chi connectivity index (χ2v) is 10.6. The Morgan fingerprint density at radius 1 is 0.778 bits per heavy atom. The Morgan fingerprint density at radius 2 is 1.28 bits per heavy atom. The van der Waals surface area contributed by atoms with Crippen LogP contribution in [0.3, 0.4) is 0 Å². The van der Waals surface area contributed by atoms with E-state index in [1.807, 2.05) is 0 Å². The maximum absolute atomic E-state index is 12.3. The number of amides is 2. The van der Waals surface area contributed by atoms with Crippen molar-refractivity contribution >= 4 is 74.6 Å². The maximum atomic E-state index is 12.3. The number of nitrogens with zero attached hydrogens (tertiary/aromatic N) is 4. The summed E-state index contributed by atoms with van der Waals surface area (Å²) in [4.78, 5) is 47.9. The quantitative estimate of drug-likeness (QED) is 0.225. The highest BCUT2D eigenvalue weighted by Crippen LogP contribution is 2.27. The van der Waals surface area contributed by atoms with Crippen LogP contribution in [0.2, 0.25) is 0 Å². The zero-order valence-corrected chi connectivity index (χ0v) is 21.6. The summed E-state index contributed by atoms with van der Waals surface area (Å²) in [5.41, 5.74) is 2.36. The van der Waals surface area contributed by atoms with Crippen LogP contribution < -0.4 is 10.6 Å². The number of ketones is 2. The van der Waals surface area contributed by atoms with E-state index < -0.39 is 0 Å².